The SMILES string of the molecule is Cc1cc(C)cc(C(=O)NCCn2ncccc2=O)c1. The van der Waals surface area contributed by atoms with Crippen molar-refractivity contribution < 1.29 is 4.79 Å². The first kappa shape index (κ1) is 14.0. The molecule has 1 heterocycles. The molecule has 0 bridgehead atoms. The molecular formula is C15H17N3O2. The van der Waals surface area contributed by atoms with Gasteiger partial charge >= 0.3 is 0 Å². The van der Waals surface area contributed by atoms with Gasteiger partial charge in [0, 0.05) is 24.4 Å². The molecular weight excluding hydrogens is 254 g/mol. The molecule has 2 aromatic rings. The number of nitrogens with one attached hydrogen (secondary N) is 1. The quantitative estimate of drug-likeness (QED) is 0.911. The molecule has 5 nitrogen and oxygen atoms in total. The molecule has 0 saturated heterocycles. The van der Waals surface area contributed by atoms with Crippen LogP contribution >= 0.6 is 0 Å². The lowest BCUT2D eigenvalue weighted by Crippen LogP contribution is -2.31. The highest BCUT2D eigenvalue weighted by Gasteiger charge is 2.06. The van der Waals surface area contributed by atoms with Gasteiger partial charge in [0.1, 0.15) is 0 Å². The standard InChI is InChI=1S/C15H17N3O2/c1-11-8-12(2)10-13(9-11)15(20)16-6-7-18-14(19)4-3-5-17-18/h3-5,8-10H,6-7H2,1-2H3,(H,16,20). The third-order valence-corrected chi connectivity index (χ3v) is 2.88. The van der Waals surface area contributed by atoms with Crippen LogP contribution in [-0.2, 0) is 6.54 Å². The van der Waals surface area contributed by atoms with E-state index in [4.69, 9.17) is 0 Å². The summed E-state index contributed by atoms with van der Waals surface area (Å²) >= 11 is 0. The Balaban J connectivity index is 1.96. The van der Waals surface area contributed by atoms with Gasteiger partial charge in [0.25, 0.3) is 11.5 Å². The van der Waals surface area contributed by atoms with Crippen molar-refractivity contribution in [3.05, 3.63) is 63.6 Å². The number of benzene rings is 1. The third kappa shape index (κ3) is 3.54. The minimum atomic E-state index is -0.173. The van der Waals surface area contributed by atoms with Crippen LogP contribution in [0.4, 0.5) is 0 Å². The maximum atomic E-state index is 12.0. The summed E-state index contributed by atoms with van der Waals surface area (Å²) < 4.78 is 1.32. The highest BCUT2D eigenvalue weighted by molar-refractivity contribution is 5.94. The lowest BCUT2D eigenvalue weighted by molar-refractivity contribution is 0.0951. The normalized spacial score (nSPS) is 10.3. The van der Waals surface area contributed by atoms with Crippen LogP contribution in [0.3, 0.4) is 0 Å². The predicted molar refractivity (Wildman–Crippen MR) is 76.7 cm³/mol. The van der Waals surface area contributed by atoms with Crippen LogP contribution in [0, 0.1) is 13.8 Å². The molecule has 20 heavy (non-hydrogen) atoms. The van der Waals surface area contributed by atoms with Crippen LogP contribution in [0.25, 0.3) is 0 Å². The first-order valence-corrected chi connectivity index (χ1v) is 6.45. The van der Waals surface area contributed by atoms with Gasteiger partial charge in [-0.05, 0) is 32.0 Å². The van der Waals surface area contributed by atoms with Crippen molar-refractivity contribution in [3.8, 4) is 0 Å². The highest BCUT2D eigenvalue weighted by atomic mass is 16.1. The molecule has 0 radical (unpaired) electrons. The molecule has 0 atom stereocenters. The van der Waals surface area contributed by atoms with Crippen LogP contribution in [0.2, 0.25) is 0 Å². The fourth-order valence-electron chi connectivity index (χ4n) is 2.04. The second kappa shape index (κ2) is 6.14. The lowest BCUT2D eigenvalue weighted by Gasteiger charge is -2.08. The Morgan fingerprint density at radius 2 is 1.95 bits per heavy atom. The fraction of sp³-hybridized carbons (Fsp3) is 0.267. The summed E-state index contributed by atoms with van der Waals surface area (Å²) in [7, 11) is 0. The van der Waals surface area contributed by atoms with Gasteiger partial charge in [0.05, 0.1) is 6.54 Å². The molecule has 0 unspecified atom stereocenters. The summed E-state index contributed by atoms with van der Waals surface area (Å²) in [6.07, 6.45) is 1.55. The molecule has 1 aromatic carbocycles. The number of carbonyl (C=O) groups is 1. The number of aryl methyl sites for hydroxylation is 2. The summed E-state index contributed by atoms with van der Waals surface area (Å²) in [6, 6.07) is 8.74. The molecule has 0 spiro atoms. The van der Waals surface area contributed by atoms with E-state index in [9.17, 15) is 9.59 Å². The van der Waals surface area contributed by atoms with Crippen LogP contribution in [-0.4, -0.2) is 22.2 Å². The highest BCUT2D eigenvalue weighted by Crippen LogP contribution is 2.08. The van der Waals surface area contributed by atoms with Gasteiger partial charge in [0.2, 0.25) is 0 Å². The number of hydrogen-bond donors (Lipinski definition) is 1. The second-order valence-electron chi connectivity index (χ2n) is 4.72. The van der Waals surface area contributed by atoms with Gasteiger partial charge in [-0.3, -0.25) is 9.59 Å². The Morgan fingerprint density at radius 1 is 1.25 bits per heavy atom. The lowest BCUT2D eigenvalue weighted by atomic mass is 10.1. The minimum absolute atomic E-state index is 0.138. The Hall–Kier alpha value is -2.43. The van der Waals surface area contributed by atoms with Crippen molar-refractivity contribution in [2.24, 2.45) is 0 Å². The van der Waals surface area contributed by atoms with E-state index < -0.39 is 0 Å². The molecule has 1 N–H and O–H groups in total. The Bertz CT molecular complexity index is 657. The Kier molecular flexibility index (Phi) is 4.30. The number of nitrogens with zero attached hydrogens (tertiary/aromatic N) is 2. The molecule has 1 amide bonds. The van der Waals surface area contributed by atoms with E-state index in [0.717, 1.165) is 11.1 Å². The molecule has 2 rings (SSSR count). The number of aromatic nitrogens is 2. The topological polar surface area (TPSA) is 64.0 Å². The maximum absolute atomic E-state index is 12.0. The van der Waals surface area contributed by atoms with E-state index in [1.165, 1.54) is 10.7 Å². The number of rotatable bonds is 4. The summed E-state index contributed by atoms with van der Waals surface area (Å²) in [5, 5.41) is 6.72. The summed E-state index contributed by atoms with van der Waals surface area (Å²) in [5.41, 5.74) is 2.57. The maximum Gasteiger partial charge on any atom is 0.266 e. The minimum Gasteiger partial charge on any atom is -0.350 e. The van der Waals surface area contributed by atoms with Crippen molar-refractivity contribution in [2.45, 2.75) is 20.4 Å². The summed E-state index contributed by atoms with van der Waals surface area (Å²) in [4.78, 5) is 23.4. The van der Waals surface area contributed by atoms with E-state index in [1.54, 1.807) is 12.3 Å². The molecule has 0 aliphatic heterocycles. The monoisotopic (exact) mass is 271 g/mol. The second-order valence-corrected chi connectivity index (χ2v) is 4.72. The zero-order chi connectivity index (χ0) is 14.5. The van der Waals surface area contributed by atoms with E-state index in [1.807, 2.05) is 32.0 Å². The molecule has 0 aliphatic carbocycles. The third-order valence-electron chi connectivity index (χ3n) is 2.88. The van der Waals surface area contributed by atoms with Gasteiger partial charge in [-0.2, -0.15) is 5.10 Å². The predicted octanol–water partition coefficient (Wildman–Crippen LogP) is 1.29. The van der Waals surface area contributed by atoms with E-state index in [-0.39, 0.29) is 11.5 Å². The van der Waals surface area contributed by atoms with Crippen molar-refractivity contribution >= 4 is 5.91 Å². The van der Waals surface area contributed by atoms with Crippen molar-refractivity contribution in [1.29, 1.82) is 0 Å². The van der Waals surface area contributed by atoms with Crippen LogP contribution in [0.1, 0.15) is 21.5 Å². The van der Waals surface area contributed by atoms with Crippen LogP contribution in [0.15, 0.2) is 41.3 Å². The van der Waals surface area contributed by atoms with Crippen molar-refractivity contribution in [1.82, 2.24) is 15.1 Å². The first-order chi connectivity index (χ1) is 9.56. The Labute approximate surface area is 117 Å². The average molecular weight is 271 g/mol. The molecule has 0 saturated carbocycles. The van der Waals surface area contributed by atoms with E-state index >= 15 is 0 Å². The zero-order valence-corrected chi connectivity index (χ0v) is 11.6. The zero-order valence-electron chi connectivity index (χ0n) is 11.6. The van der Waals surface area contributed by atoms with Gasteiger partial charge < -0.3 is 5.32 Å². The largest absolute Gasteiger partial charge is 0.350 e. The number of carbonyl (C=O) groups excluding carboxylic acids is 1. The average Bonchev–Trinajstić information content (AvgIpc) is 2.39. The van der Waals surface area contributed by atoms with Crippen molar-refractivity contribution in [2.75, 3.05) is 6.54 Å². The number of amides is 1. The smallest absolute Gasteiger partial charge is 0.266 e. The molecule has 0 fully saturated rings. The van der Waals surface area contributed by atoms with Gasteiger partial charge in [-0.1, -0.05) is 17.2 Å². The van der Waals surface area contributed by atoms with Gasteiger partial charge in [0.15, 0.2) is 0 Å². The van der Waals surface area contributed by atoms with Crippen molar-refractivity contribution in [3.63, 3.8) is 0 Å². The summed E-state index contributed by atoms with van der Waals surface area (Å²) in [5.74, 6) is -0.138. The molecule has 104 valence electrons. The molecule has 1 aromatic heterocycles. The van der Waals surface area contributed by atoms with E-state index in [0.29, 0.717) is 18.7 Å². The van der Waals surface area contributed by atoms with Crippen LogP contribution < -0.4 is 10.9 Å². The van der Waals surface area contributed by atoms with E-state index in [2.05, 4.69) is 10.4 Å². The molecule has 5 heteroatoms. The van der Waals surface area contributed by atoms with Gasteiger partial charge in [-0.15, -0.1) is 0 Å². The fourth-order valence-corrected chi connectivity index (χ4v) is 2.04. The summed E-state index contributed by atoms with van der Waals surface area (Å²) in [6.45, 7) is 4.63. The van der Waals surface area contributed by atoms with Crippen LogP contribution in [0.5, 0.6) is 0 Å². The number of hydrogen-bond acceptors (Lipinski definition) is 3. The van der Waals surface area contributed by atoms with Gasteiger partial charge in [-0.25, -0.2) is 4.68 Å². The molecule has 0 aliphatic rings. The Morgan fingerprint density at radius 3 is 2.60 bits per heavy atom. The first-order valence-electron chi connectivity index (χ1n) is 6.45.